The van der Waals surface area contributed by atoms with E-state index in [1.165, 1.54) is 29.8 Å². The highest BCUT2D eigenvalue weighted by Gasteiger charge is 2.08. The predicted octanol–water partition coefficient (Wildman–Crippen LogP) is 5.26. The summed E-state index contributed by atoms with van der Waals surface area (Å²) in [5, 5.41) is 2.89. The van der Waals surface area contributed by atoms with Gasteiger partial charge in [-0.05, 0) is 67.1 Å². The van der Waals surface area contributed by atoms with Gasteiger partial charge in [0.1, 0.15) is 17.3 Å². The number of nitrogens with zero attached hydrogens (tertiary/aromatic N) is 1. The van der Waals surface area contributed by atoms with Crippen LogP contribution in [-0.4, -0.2) is 30.4 Å². The molecule has 3 rings (SSSR count). The molecule has 156 valence electrons. The molecule has 3 aromatic carbocycles. The number of benzene rings is 3. The van der Waals surface area contributed by atoms with E-state index in [2.05, 4.69) is 29.3 Å². The van der Waals surface area contributed by atoms with E-state index >= 15 is 0 Å². The monoisotopic (exact) mass is 406 g/mol. The summed E-state index contributed by atoms with van der Waals surface area (Å²) in [5.41, 5.74) is 1.65. The van der Waals surface area contributed by atoms with E-state index in [0.29, 0.717) is 12.1 Å². The molecule has 5 heteroatoms. The maximum Gasteiger partial charge on any atom is 0.251 e. The van der Waals surface area contributed by atoms with Gasteiger partial charge in [-0.15, -0.1) is 0 Å². The lowest BCUT2D eigenvalue weighted by Gasteiger charge is -2.21. The van der Waals surface area contributed by atoms with Crippen molar-refractivity contribution in [1.82, 2.24) is 10.2 Å². The summed E-state index contributed by atoms with van der Waals surface area (Å²) >= 11 is 0. The van der Waals surface area contributed by atoms with Gasteiger partial charge < -0.3 is 10.1 Å². The van der Waals surface area contributed by atoms with Crippen LogP contribution in [0.25, 0.3) is 0 Å². The number of carbonyl (C=O) groups excluding carboxylic acids is 1. The van der Waals surface area contributed by atoms with Gasteiger partial charge in [-0.2, -0.15) is 0 Å². The number of hydrogen-bond donors (Lipinski definition) is 1. The molecule has 4 nitrogen and oxygen atoms in total. The molecule has 0 atom stereocenters. The molecule has 0 aliphatic carbocycles. The Morgan fingerprint density at radius 2 is 1.70 bits per heavy atom. The van der Waals surface area contributed by atoms with Crippen molar-refractivity contribution in [2.24, 2.45) is 0 Å². The summed E-state index contributed by atoms with van der Waals surface area (Å²) in [6.07, 6.45) is 0.834. The van der Waals surface area contributed by atoms with Gasteiger partial charge in [0.15, 0.2) is 0 Å². The van der Waals surface area contributed by atoms with Gasteiger partial charge in [0.2, 0.25) is 0 Å². The maximum absolute atomic E-state index is 13.0. The second kappa shape index (κ2) is 11.1. The molecule has 0 fully saturated rings. The first-order chi connectivity index (χ1) is 14.6. The Hall–Kier alpha value is -3.18. The number of halogens is 1. The van der Waals surface area contributed by atoms with Crippen LogP contribution in [0.4, 0.5) is 4.39 Å². The Kier molecular flexibility index (Phi) is 7.98. The molecule has 3 aromatic rings. The van der Waals surface area contributed by atoms with Gasteiger partial charge in [0.05, 0.1) is 0 Å². The third kappa shape index (κ3) is 6.71. The highest BCUT2D eigenvalue weighted by Crippen LogP contribution is 2.22. The molecule has 0 saturated carbocycles. The van der Waals surface area contributed by atoms with E-state index < -0.39 is 0 Å². The van der Waals surface area contributed by atoms with Gasteiger partial charge in [-0.25, -0.2) is 4.39 Å². The molecule has 30 heavy (non-hydrogen) atoms. The first kappa shape index (κ1) is 21.5. The largest absolute Gasteiger partial charge is 0.457 e. The Bertz CT molecular complexity index is 929. The number of nitrogens with one attached hydrogen (secondary N) is 1. The quantitative estimate of drug-likeness (QED) is 0.467. The fraction of sp³-hybridized carbons (Fsp3) is 0.240. The second-order valence-corrected chi connectivity index (χ2v) is 7.05. The molecule has 0 aliphatic rings. The van der Waals surface area contributed by atoms with E-state index in [1.54, 1.807) is 0 Å². The van der Waals surface area contributed by atoms with Crippen molar-refractivity contribution in [1.29, 1.82) is 0 Å². The zero-order valence-electron chi connectivity index (χ0n) is 17.2. The summed E-state index contributed by atoms with van der Waals surface area (Å²) in [7, 11) is 0. The fourth-order valence-corrected chi connectivity index (χ4v) is 3.15. The first-order valence-electron chi connectivity index (χ1n) is 10.2. The van der Waals surface area contributed by atoms with Gasteiger partial charge in [0.25, 0.3) is 5.91 Å². The van der Waals surface area contributed by atoms with Gasteiger partial charge in [-0.3, -0.25) is 9.69 Å². The summed E-state index contributed by atoms with van der Waals surface area (Å²) in [4.78, 5) is 14.4. The minimum atomic E-state index is -0.344. The van der Waals surface area contributed by atoms with Crippen LogP contribution in [0, 0.1) is 5.82 Å². The van der Waals surface area contributed by atoms with Crippen molar-refractivity contribution in [2.45, 2.75) is 19.9 Å². The molecule has 0 radical (unpaired) electrons. The average molecular weight is 407 g/mol. The van der Waals surface area contributed by atoms with Crippen LogP contribution in [0.3, 0.4) is 0 Å². The normalized spacial score (nSPS) is 10.8. The highest BCUT2D eigenvalue weighted by molar-refractivity contribution is 5.94. The lowest BCUT2D eigenvalue weighted by molar-refractivity contribution is 0.0951. The zero-order chi connectivity index (χ0) is 21.2. The van der Waals surface area contributed by atoms with Crippen LogP contribution in [0.1, 0.15) is 29.3 Å². The van der Waals surface area contributed by atoms with Crippen LogP contribution in [0.5, 0.6) is 11.5 Å². The van der Waals surface area contributed by atoms with Crippen molar-refractivity contribution < 1.29 is 13.9 Å². The molecule has 0 aliphatic heterocycles. The predicted molar refractivity (Wildman–Crippen MR) is 117 cm³/mol. The average Bonchev–Trinajstić information content (AvgIpc) is 2.77. The van der Waals surface area contributed by atoms with Crippen LogP contribution in [-0.2, 0) is 6.54 Å². The summed E-state index contributed by atoms with van der Waals surface area (Å²) in [6, 6.07) is 23.4. The van der Waals surface area contributed by atoms with E-state index in [9.17, 15) is 9.18 Å². The molecular formula is C25H27FN2O2. The van der Waals surface area contributed by atoms with Crippen molar-refractivity contribution in [3.05, 3.63) is 95.8 Å². The minimum Gasteiger partial charge on any atom is -0.457 e. The van der Waals surface area contributed by atoms with Crippen LogP contribution >= 0.6 is 0 Å². The second-order valence-electron chi connectivity index (χ2n) is 7.05. The number of amides is 1. The Labute approximate surface area is 177 Å². The van der Waals surface area contributed by atoms with Gasteiger partial charge >= 0.3 is 0 Å². The first-order valence-corrected chi connectivity index (χ1v) is 10.2. The van der Waals surface area contributed by atoms with Crippen molar-refractivity contribution in [3.63, 3.8) is 0 Å². The molecule has 0 heterocycles. The summed E-state index contributed by atoms with van der Waals surface area (Å²) in [6.45, 7) is 5.29. The van der Waals surface area contributed by atoms with E-state index in [0.717, 1.165) is 37.6 Å². The Morgan fingerprint density at radius 3 is 2.43 bits per heavy atom. The van der Waals surface area contributed by atoms with Crippen LogP contribution in [0.2, 0.25) is 0 Å². The fourth-order valence-electron chi connectivity index (χ4n) is 3.15. The lowest BCUT2D eigenvalue weighted by atomic mass is 10.2. The van der Waals surface area contributed by atoms with E-state index in [1.807, 2.05) is 42.5 Å². The summed E-state index contributed by atoms with van der Waals surface area (Å²) in [5.74, 6) is 1.12. The lowest BCUT2D eigenvalue weighted by Crippen LogP contribution is -2.29. The zero-order valence-corrected chi connectivity index (χ0v) is 17.2. The number of ether oxygens (including phenoxy) is 1. The molecule has 1 amide bonds. The molecule has 1 N–H and O–H groups in total. The van der Waals surface area contributed by atoms with Gasteiger partial charge in [-0.1, -0.05) is 37.3 Å². The molecule has 0 unspecified atom stereocenters. The highest BCUT2D eigenvalue weighted by atomic mass is 19.1. The number of rotatable bonds is 10. The Morgan fingerprint density at radius 1 is 0.967 bits per heavy atom. The van der Waals surface area contributed by atoms with Crippen LogP contribution < -0.4 is 10.1 Å². The smallest absolute Gasteiger partial charge is 0.251 e. The van der Waals surface area contributed by atoms with Crippen molar-refractivity contribution >= 4 is 5.91 Å². The number of hydrogen-bond acceptors (Lipinski definition) is 3. The topological polar surface area (TPSA) is 41.6 Å². The van der Waals surface area contributed by atoms with Gasteiger partial charge in [0, 0.05) is 25.2 Å². The molecule has 0 saturated heterocycles. The molecular weight excluding hydrogens is 379 g/mol. The molecule has 0 bridgehead atoms. The van der Waals surface area contributed by atoms with E-state index in [-0.39, 0.29) is 11.7 Å². The molecule has 0 aromatic heterocycles. The standard InChI is InChI=1S/C25H27FN2O2/c1-2-28(17-7-16-27-25(29)21-12-14-22(26)15-13-21)19-20-8-6-11-24(18-20)30-23-9-4-3-5-10-23/h3-6,8-15,18H,2,7,16-17,19H2,1H3,(H,27,29). The number of carbonyl (C=O) groups is 1. The Balaban J connectivity index is 1.45. The third-order valence-electron chi connectivity index (χ3n) is 4.77. The molecule has 0 spiro atoms. The van der Waals surface area contributed by atoms with Crippen molar-refractivity contribution in [2.75, 3.05) is 19.6 Å². The SMILES string of the molecule is CCN(CCCNC(=O)c1ccc(F)cc1)Cc1cccc(Oc2ccccc2)c1. The summed E-state index contributed by atoms with van der Waals surface area (Å²) < 4.78 is 18.9. The van der Waals surface area contributed by atoms with Crippen LogP contribution in [0.15, 0.2) is 78.9 Å². The van der Waals surface area contributed by atoms with E-state index in [4.69, 9.17) is 4.74 Å². The number of para-hydroxylation sites is 1. The third-order valence-corrected chi connectivity index (χ3v) is 4.77. The van der Waals surface area contributed by atoms with Crippen molar-refractivity contribution in [3.8, 4) is 11.5 Å². The minimum absolute atomic E-state index is 0.177. The maximum atomic E-state index is 13.0.